The molecule has 1 atom stereocenters. The molecule has 0 spiro atoms. The Bertz CT molecular complexity index is 3290. The first-order chi connectivity index (χ1) is 27.3. The molecule has 55 heavy (non-hydrogen) atoms. The Morgan fingerprint density at radius 2 is 1.11 bits per heavy atom. The first-order valence-electron chi connectivity index (χ1n) is 18.5. The monoisotopic (exact) mass is 709 g/mol. The fourth-order valence-electron chi connectivity index (χ4n) is 8.54. The summed E-state index contributed by atoms with van der Waals surface area (Å²) < 4.78 is 22.4. The van der Waals surface area contributed by atoms with Crippen LogP contribution in [0.4, 0.5) is 22.7 Å². The number of benzene rings is 8. The Kier molecular flexibility index (Phi) is 6.30. The van der Waals surface area contributed by atoms with Crippen LogP contribution in [0, 0.1) is 0 Å². The molecule has 0 amide bonds. The van der Waals surface area contributed by atoms with E-state index < -0.39 is 0 Å². The van der Waals surface area contributed by atoms with Crippen molar-refractivity contribution in [2.45, 2.75) is 6.23 Å². The summed E-state index contributed by atoms with van der Waals surface area (Å²) in [7, 11) is 0. The molecule has 1 unspecified atom stereocenters. The molecule has 11 aromatic rings. The largest absolute Gasteiger partial charge is 0.464 e. The molecule has 0 saturated carbocycles. The highest BCUT2D eigenvalue weighted by Crippen LogP contribution is 2.49. The van der Waals surface area contributed by atoms with Crippen molar-refractivity contribution in [2.75, 3.05) is 10.2 Å². The van der Waals surface area contributed by atoms with Gasteiger partial charge in [0.05, 0.1) is 28.1 Å². The van der Waals surface area contributed by atoms with Gasteiger partial charge in [-0.05, 0) is 54.6 Å². The first kappa shape index (κ1) is 30.1. The Morgan fingerprint density at radius 1 is 0.473 bits per heavy atom. The van der Waals surface area contributed by atoms with Crippen LogP contribution in [0.25, 0.3) is 71.4 Å². The summed E-state index contributed by atoms with van der Waals surface area (Å²) in [6, 6.07) is 61.3. The van der Waals surface area contributed by atoms with E-state index in [1.165, 1.54) is 10.8 Å². The van der Waals surface area contributed by atoms with Crippen LogP contribution >= 0.6 is 0 Å². The van der Waals surface area contributed by atoms with Crippen molar-refractivity contribution in [3.05, 3.63) is 181 Å². The number of anilines is 4. The van der Waals surface area contributed by atoms with E-state index >= 15 is 0 Å². The van der Waals surface area contributed by atoms with E-state index in [1.807, 2.05) is 30.3 Å². The molecule has 0 radical (unpaired) electrons. The van der Waals surface area contributed by atoms with Gasteiger partial charge in [-0.2, -0.15) is 0 Å². The molecule has 1 N–H and O–H groups in total. The molecule has 1 aliphatic heterocycles. The minimum absolute atomic E-state index is 0.259. The zero-order valence-electron chi connectivity index (χ0n) is 29.4. The standard InChI is InChI=1S/C49H31N3O3/c1-3-13-30(14-4-1)49-50-39-29-45-38(28-46(39)55-49)37-20-12-23-42(48(37)54-45)52(41-22-11-19-36-35-18-8-10-24-44(35)53-47(36)41)32-25-26-34-33-17-7-9-21-40(33)51(43(34)27-32)31-15-5-2-6-16-31/h1-29,49-50H. The molecule has 260 valence electrons. The van der Waals surface area contributed by atoms with Crippen LogP contribution in [-0.4, -0.2) is 4.57 Å². The number of fused-ring (bicyclic) bond motifs is 10. The molecule has 6 nitrogen and oxygen atoms in total. The van der Waals surface area contributed by atoms with Crippen LogP contribution in [0.5, 0.6) is 5.75 Å². The van der Waals surface area contributed by atoms with Crippen molar-refractivity contribution in [3.63, 3.8) is 0 Å². The van der Waals surface area contributed by atoms with E-state index in [4.69, 9.17) is 13.6 Å². The van der Waals surface area contributed by atoms with Gasteiger partial charge in [-0.1, -0.05) is 115 Å². The van der Waals surface area contributed by atoms with Gasteiger partial charge in [0.25, 0.3) is 0 Å². The summed E-state index contributed by atoms with van der Waals surface area (Å²) in [5.74, 6) is 0.803. The molecule has 0 saturated heterocycles. The van der Waals surface area contributed by atoms with Crippen molar-refractivity contribution in [1.82, 2.24) is 4.57 Å². The predicted molar refractivity (Wildman–Crippen MR) is 223 cm³/mol. The number of rotatable bonds is 5. The summed E-state index contributed by atoms with van der Waals surface area (Å²) >= 11 is 0. The summed E-state index contributed by atoms with van der Waals surface area (Å²) in [6.45, 7) is 0. The normalized spacial score (nSPS) is 13.9. The molecular formula is C49H31N3O3. The second-order valence-electron chi connectivity index (χ2n) is 14.1. The third kappa shape index (κ3) is 4.49. The van der Waals surface area contributed by atoms with Crippen LogP contribution < -0.4 is 15.0 Å². The van der Waals surface area contributed by atoms with Gasteiger partial charge in [-0.15, -0.1) is 0 Å². The van der Waals surface area contributed by atoms with E-state index in [0.29, 0.717) is 0 Å². The van der Waals surface area contributed by atoms with Gasteiger partial charge in [0.15, 0.2) is 17.4 Å². The average Bonchev–Trinajstić information content (AvgIpc) is 4.01. The fourth-order valence-corrected chi connectivity index (χ4v) is 8.54. The summed E-state index contributed by atoms with van der Waals surface area (Å²) in [4.78, 5) is 2.29. The third-order valence-electron chi connectivity index (χ3n) is 11.0. The SMILES string of the molecule is c1ccc(C2Nc3cc4oc5c(N(c6ccc7c8ccccc8n(-c8ccccc8)c7c6)c6cccc7c6oc6ccccc67)cccc5c4cc3O2)cc1. The minimum atomic E-state index is -0.259. The van der Waals surface area contributed by atoms with Gasteiger partial charge >= 0.3 is 0 Å². The van der Waals surface area contributed by atoms with E-state index in [-0.39, 0.29) is 6.23 Å². The number of ether oxygens (including phenoxy) is 1. The smallest absolute Gasteiger partial charge is 0.196 e. The van der Waals surface area contributed by atoms with Crippen LogP contribution in [0.2, 0.25) is 0 Å². The topological polar surface area (TPSA) is 55.7 Å². The van der Waals surface area contributed by atoms with Gasteiger partial charge in [0.1, 0.15) is 16.9 Å². The molecule has 4 heterocycles. The second-order valence-corrected chi connectivity index (χ2v) is 14.1. The second kappa shape index (κ2) is 11.5. The highest BCUT2D eigenvalue weighted by atomic mass is 16.5. The zero-order chi connectivity index (χ0) is 36.0. The Balaban J connectivity index is 1.11. The maximum absolute atomic E-state index is 6.90. The van der Waals surface area contributed by atoms with E-state index in [1.54, 1.807) is 0 Å². The summed E-state index contributed by atoms with van der Waals surface area (Å²) in [5.41, 5.74) is 11.4. The Morgan fingerprint density at radius 3 is 1.91 bits per heavy atom. The lowest BCUT2D eigenvalue weighted by Gasteiger charge is -2.26. The quantitative estimate of drug-likeness (QED) is 0.193. The van der Waals surface area contributed by atoms with Crippen molar-refractivity contribution in [3.8, 4) is 11.4 Å². The van der Waals surface area contributed by atoms with Gasteiger partial charge in [-0.25, -0.2) is 0 Å². The van der Waals surface area contributed by atoms with Crippen molar-refractivity contribution >= 4 is 88.4 Å². The number of aromatic nitrogens is 1. The molecule has 1 aliphatic rings. The number of nitrogens with one attached hydrogen (secondary N) is 1. The molecule has 3 aromatic heterocycles. The molecule has 6 heteroatoms. The minimum Gasteiger partial charge on any atom is -0.464 e. The molecule has 8 aromatic carbocycles. The highest BCUT2D eigenvalue weighted by Gasteiger charge is 2.28. The lowest BCUT2D eigenvalue weighted by Crippen LogP contribution is -2.10. The van der Waals surface area contributed by atoms with Crippen LogP contribution in [0.3, 0.4) is 0 Å². The number of para-hydroxylation sites is 5. The van der Waals surface area contributed by atoms with Crippen LogP contribution in [0.15, 0.2) is 185 Å². The van der Waals surface area contributed by atoms with Gasteiger partial charge in [0, 0.05) is 55.3 Å². The molecular weight excluding hydrogens is 679 g/mol. The Hall–Kier alpha value is -7.44. The van der Waals surface area contributed by atoms with Crippen LogP contribution in [0.1, 0.15) is 11.8 Å². The zero-order valence-corrected chi connectivity index (χ0v) is 29.4. The molecule has 0 aliphatic carbocycles. The molecule has 0 fully saturated rings. The number of hydrogen-bond acceptors (Lipinski definition) is 5. The van der Waals surface area contributed by atoms with E-state index in [0.717, 1.165) is 94.7 Å². The number of furan rings is 2. The highest BCUT2D eigenvalue weighted by molar-refractivity contribution is 6.16. The maximum Gasteiger partial charge on any atom is 0.196 e. The van der Waals surface area contributed by atoms with Gasteiger partial charge < -0.3 is 28.4 Å². The fraction of sp³-hybridized carbons (Fsp3) is 0.0204. The van der Waals surface area contributed by atoms with E-state index in [2.05, 4.69) is 160 Å². The molecule has 0 bridgehead atoms. The number of hydrogen-bond donors (Lipinski definition) is 1. The van der Waals surface area contributed by atoms with Crippen molar-refractivity contribution in [2.24, 2.45) is 0 Å². The molecule has 12 rings (SSSR count). The van der Waals surface area contributed by atoms with Gasteiger partial charge in [0.2, 0.25) is 0 Å². The van der Waals surface area contributed by atoms with E-state index in [9.17, 15) is 0 Å². The van der Waals surface area contributed by atoms with Crippen LogP contribution in [-0.2, 0) is 0 Å². The van der Waals surface area contributed by atoms with Gasteiger partial charge in [-0.3, -0.25) is 0 Å². The lowest BCUT2D eigenvalue weighted by atomic mass is 10.1. The predicted octanol–water partition coefficient (Wildman–Crippen LogP) is 13.6. The van der Waals surface area contributed by atoms with Crippen molar-refractivity contribution in [1.29, 1.82) is 0 Å². The maximum atomic E-state index is 6.90. The lowest BCUT2D eigenvalue weighted by molar-refractivity contribution is 0.260. The van der Waals surface area contributed by atoms with Crippen molar-refractivity contribution < 1.29 is 13.6 Å². The summed E-state index contributed by atoms with van der Waals surface area (Å²) in [5, 5.41) is 10.1. The third-order valence-corrected chi connectivity index (χ3v) is 11.0. The Labute approximate surface area is 315 Å². The summed E-state index contributed by atoms with van der Waals surface area (Å²) in [6.07, 6.45) is -0.259. The average molecular weight is 710 g/mol. The number of nitrogens with zero attached hydrogens (tertiary/aromatic N) is 2. The first-order valence-corrected chi connectivity index (χ1v) is 18.5.